The lowest BCUT2D eigenvalue weighted by Gasteiger charge is -2.29. The van der Waals surface area contributed by atoms with E-state index in [1.54, 1.807) is 0 Å². The lowest BCUT2D eigenvalue weighted by molar-refractivity contribution is 0.0471. The van der Waals surface area contributed by atoms with Crippen molar-refractivity contribution < 1.29 is 5.11 Å². The molecule has 13 heavy (non-hydrogen) atoms. The number of hydrogen-bond donors (Lipinski definition) is 4. The minimum absolute atomic E-state index is 0.0881. The molecule has 0 aromatic rings. The van der Waals surface area contributed by atoms with E-state index in [1.165, 1.54) is 0 Å². The first-order valence-electron chi connectivity index (χ1n) is 4.15. The largest absolute Gasteiger partial charge is 0.393 e. The van der Waals surface area contributed by atoms with Crippen LogP contribution in [0.15, 0.2) is 9.98 Å². The third-order valence-electron chi connectivity index (χ3n) is 1.97. The van der Waals surface area contributed by atoms with E-state index in [2.05, 4.69) is 9.98 Å². The fourth-order valence-corrected chi connectivity index (χ4v) is 1.24. The van der Waals surface area contributed by atoms with Gasteiger partial charge in [0.15, 0.2) is 5.96 Å². The van der Waals surface area contributed by atoms with Crippen LogP contribution in [-0.2, 0) is 0 Å². The highest BCUT2D eigenvalue weighted by atomic mass is 16.3. The Morgan fingerprint density at radius 2 is 1.92 bits per heavy atom. The monoisotopic (exact) mass is 185 g/mol. The van der Waals surface area contributed by atoms with Crippen LogP contribution in [0.1, 0.15) is 12.8 Å². The summed E-state index contributed by atoms with van der Waals surface area (Å²) in [6, 6.07) is 0. The normalized spacial score (nSPS) is 27.9. The summed E-state index contributed by atoms with van der Waals surface area (Å²) in [5, 5.41) is 8.98. The second-order valence-corrected chi connectivity index (χ2v) is 3.23. The van der Waals surface area contributed by atoms with Crippen LogP contribution in [0.25, 0.3) is 0 Å². The summed E-state index contributed by atoms with van der Waals surface area (Å²) in [6.45, 7) is 0.583. The third-order valence-corrected chi connectivity index (χ3v) is 1.97. The first-order valence-corrected chi connectivity index (χ1v) is 4.15. The molecule has 1 rings (SSSR count). The maximum absolute atomic E-state index is 8.98. The van der Waals surface area contributed by atoms with Crippen molar-refractivity contribution >= 4 is 11.9 Å². The fraction of sp³-hybridized carbons (Fsp3) is 0.714. The van der Waals surface area contributed by atoms with Crippen molar-refractivity contribution in [3.8, 4) is 0 Å². The molecule has 0 aromatic heterocycles. The number of aliphatic hydroxyl groups excluding tert-OH is 1. The number of aliphatic imine (C=N–C) groups is 2. The highest BCUT2D eigenvalue weighted by Gasteiger charge is 2.26. The maximum atomic E-state index is 8.98. The molecule has 7 N–H and O–H groups in total. The summed E-state index contributed by atoms with van der Waals surface area (Å²) >= 11 is 0. The van der Waals surface area contributed by atoms with Crippen molar-refractivity contribution in [1.29, 1.82) is 0 Å². The SMILES string of the molecule is NC(N)=NC(N)=NCC1CC(O)C1. The van der Waals surface area contributed by atoms with Gasteiger partial charge in [-0.1, -0.05) is 0 Å². The van der Waals surface area contributed by atoms with Crippen molar-refractivity contribution in [2.24, 2.45) is 33.1 Å². The van der Waals surface area contributed by atoms with E-state index in [1.807, 2.05) is 0 Å². The third kappa shape index (κ3) is 3.29. The van der Waals surface area contributed by atoms with Crippen LogP contribution in [0, 0.1) is 5.92 Å². The van der Waals surface area contributed by atoms with Gasteiger partial charge in [-0.15, -0.1) is 0 Å². The van der Waals surface area contributed by atoms with Gasteiger partial charge in [0, 0.05) is 6.54 Å². The Kier molecular flexibility index (Phi) is 3.07. The van der Waals surface area contributed by atoms with Crippen LogP contribution < -0.4 is 17.2 Å². The van der Waals surface area contributed by atoms with E-state index in [4.69, 9.17) is 22.3 Å². The lowest BCUT2D eigenvalue weighted by Crippen LogP contribution is -2.31. The number of aliphatic hydroxyl groups is 1. The Labute approximate surface area is 76.5 Å². The van der Waals surface area contributed by atoms with Crippen molar-refractivity contribution in [1.82, 2.24) is 0 Å². The Morgan fingerprint density at radius 1 is 1.31 bits per heavy atom. The van der Waals surface area contributed by atoms with Gasteiger partial charge in [0.05, 0.1) is 6.10 Å². The Hall–Kier alpha value is -1.30. The van der Waals surface area contributed by atoms with Crippen molar-refractivity contribution in [3.63, 3.8) is 0 Å². The predicted molar refractivity (Wildman–Crippen MR) is 51.0 cm³/mol. The van der Waals surface area contributed by atoms with E-state index in [9.17, 15) is 0 Å². The number of guanidine groups is 2. The van der Waals surface area contributed by atoms with E-state index in [-0.39, 0.29) is 18.0 Å². The van der Waals surface area contributed by atoms with E-state index < -0.39 is 0 Å². The minimum Gasteiger partial charge on any atom is -0.393 e. The second-order valence-electron chi connectivity index (χ2n) is 3.23. The molecular formula is C7H15N5O. The van der Waals surface area contributed by atoms with Crippen molar-refractivity contribution in [3.05, 3.63) is 0 Å². The smallest absolute Gasteiger partial charge is 0.218 e. The van der Waals surface area contributed by atoms with Gasteiger partial charge in [-0.2, -0.15) is 4.99 Å². The molecule has 0 heterocycles. The molecule has 0 saturated heterocycles. The number of hydrogen-bond acceptors (Lipinski definition) is 2. The molecule has 0 unspecified atom stereocenters. The maximum Gasteiger partial charge on any atom is 0.218 e. The zero-order valence-corrected chi connectivity index (χ0v) is 7.35. The predicted octanol–water partition coefficient (Wildman–Crippen LogP) is -1.65. The lowest BCUT2D eigenvalue weighted by atomic mass is 9.83. The molecule has 0 atom stereocenters. The molecule has 0 bridgehead atoms. The van der Waals surface area contributed by atoms with Crippen LogP contribution in [0.5, 0.6) is 0 Å². The molecule has 0 spiro atoms. The molecule has 1 saturated carbocycles. The average molecular weight is 185 g/mol. The number of nitrogens with zero attached hydrogens (tertiary/aromatic N) is 2. The molecule has 0 aliphatic heterocycles. The first kappa shape index (κ1) is 9.79. The number of nitrogens with two attached hydrogens (primary N) is 3. The van der Waals surface area contributed by atoms with E-state index in [0.29, 0.717) is 12.5 Å². The second kappa shape index (κ2) is 4.08. The summed E-state index contributed by atoms with van der Waals surface area (Å²) in [7, 11) is 0. The molecule has 1 aliphatic carbocycles. The Morgan fingerprint density at radius 3 is 2.38 bits per heavy atom. The average Bonchev–Trinajstić information content (AvgIpc) is 1.94. The quantitative estimate of drug-likeness (QED) is 0.304. The summed E-state index contributed by atoms with van der Waals surface area (Å²) in [4.78, 5) is 7.52. The van der Waals surface area contributed by atoms with Crippen LogP contribution in [-0.4, -0.2) is 29.7 Å². The molecule has 1 aliphatic rings. The van der Waals surface area contributed by atoms with Gasteiger partial charge in [0.25, 0.3) is 0 Å². The van der Waals surface area contributed by atoms with Crippen LogP contribution >= 0.6 is 0 Å². The molecule has 0 aromatic carbocycles. The first-order chi connectivity index (χ1) is 6.08. The Balaban J connectivity index is 2.27. The summed E-state index contributed by atoms with van der Waals surface area (Å²) < 4.78 is 0. The van der Waals surface area contributed by atoms with Gasteiger partial charge >= 0.3 is 0 Å². The molecule has 0 amide bonds. The van der Waals surface area contributed by atoms with E-state index >= 15 is 0 Å². The molecule has 74 valence electrons. The number of rotatable bonds is 2. The standard InChI is InChI=1S/C7H15N5O/c8-6(9)12-7(10)11-3-4-1-5(13)2-4/h4-5,13H,1-3H2,(H6,8,9,10,11,12). The highest BCUT2D eigenvalue weighted by Crippen LogP contribution is 2.26. The van der Waals surface area contributed by atoms with Gasteiger partial charge in [-0.05, 0) is 18.8 Å². The molecule has 0 radical (unpaired) electrons. The summed E-state index contributed by atoms with van der Waals surface area (Å²) in [6.07, 6.45) is 1.42. The topological polar surface area (TPSA) is 123 Å². The Bertz CT molecular complexity index is 227. The molecule has 6 heteroatoms. The van der Waals surface area contributed by atoms with Gasteiger partial charge < -0.3 is 22.3 Å². The molecule has 1 fully saturated rings. The van der Waals surface area contributed by atoms with Gasteiger partial charge in [-0.3, -0.25) is 4.99 Å². The van der Waals surface area contributed by atoms with Crippen LogP contribution in [0.4, 0.5) is 0 Å². The zero-order valence-electron chi connectivity index (χ0n) is 7.35. The zero-order chi connectivity index (χ0) is 9.84. The van der Waals surface area contributed by atoms with Gasteiger partial charge in [0.2, 0.25) is 5.96 Å². The van der Waals surface area contributed by atoms with Crippen molar-refractivity contribution in [2.45, 2.75) is 18.9 Å². The van der Waals surface area contributed by atoms with Gasteiger partial charge in [-0.25, -0.2) is 0 Å². The fourth-order valence-electron chi connectivity index (χ4n) is 1.24. The van der Waals surface area contributed by atoms with Crippen LogP contribution in [0.2, 0.25) is 0 Å². The minimum atomic E-state index is -0.162. The van der Waals surface area contributed by atoms with Gasteiger partial charge in [0.1, 0.15) is 0 Å². The summed E-state index contributed by atoms with van der Waals surface area (Å²) in [5.41, 5.74) is 15.6. The molecular weight excluding hydrogens is 170 g/mol. The highest BCUT2D eigenvalue weighted by molar-refractivity contribution is 5.92. The van der Waals surface area contributed by atoms with E-state index in [0.717, 1.165) is 12.8 Å². The molecule has 6 nitrogen and oxygen atoms in total. The summed E-state index contributed by atoms with van der Waals surface area (Å²) in [5.74, 6) is 0.430. The van der Waals surface area contributed by atoms with Crippen LogP contribution in [0.3, 0.4) is 0 Å². The van der Waals surface area contributed by atoms with Crippen molar-refractivity contribution in [2.75, 3.05) is 6.54 Å².